The van der Waals surface area contributed by atoms with Gasteiger partial charge in [0.05, 0.1) is 5.41 Å². The summed E-state index contributed by atoms with van der Waals surface area (Å²) in [6.45, 7) is 0. The standard InChI is InChI=1S/C15H13F3N2O2S/c16-15(17,18)14(3-4-14)8-1-2-9-7(5-8)6-10-11(19-9)23-12(20-10)13(21)22/h6,8H,1-5H2,(H,21,22)/t8-/m0/s1. The molecular formula is C15H13F3N2O2S. The maximum atomic E-state index is 13.3. The molecule has 0 saturated heterocycles. The largest absolute Gasteiger partial charge is 0.476 e. The van der Waals surface area contributed by atoms with Crippen molar-refractivity contribution in [3.8, 4) is 0 Å². The summed E-state index contributed by atoms with van der Waals surface area (Å²) in [5.74, 6) is -1.52. The van der Waals surface area contributed by atoms with Gasteiger partial charge in [-0.15, -0.1) is 0 Å². The Morgan fingerprint density at radius 1 is 1.35 bits per heavy atom. The Morgan fingerprint density at radius 2 is 2.09 bits per heavy atom. The second-order valence-electron chi connectivity index (χ2n) is 6.34. The molecule has 2 aliphatic rings. The summed E-state index contributed by atoms with van der Waals surface area (Å²) in [7, 11) is 0. The van der Waals surface area contributed by atoms with Crippen LogP contribution in [0, 0.1) is 11.3 Å². The van der Waals surface area contributed by atoms with Crippen LogP contribution in [0.3, 0.4) is 0 Å². The van der Waals surface area contributed by atoms with Crippen LogP contribution in [0.1, 0.15) is 40.3 Å². The molecule has 2 aromatic rings. The summed E-state index contributed by atoms with van der Waals surface area (Å²) in [4.78, 5) is 20.0. The van der Waals surface area contributed by atoms with E-state index in [0.29, 0.717) is 29.6 Å². The third-order valence-corrected chi connectivity index (χ3v) is 6.02. The molecule has 0 bridgehead atoms. The maximum Gasteiger partial charge on any atom is 0.394 e. The first kappa shape index (κ1) is 14.9. The topological polar surface area (TPSA) is 63.1 Å². The van der Waals surface area contributed by atoms with Crippen LogP contribution in [-0.2, 0) is 12.8 Å². The van der Waals surface area contributed by atoms with E-state index in [1.807, 2.05) is 0 Å². The van der Waals surface area contributed by atoms with Gasteiger partial charge in [0, 0.05) is 5.69 Å². The van der Waals surface area contributed by atoms with E-state index < -0.39 is 23.5 Å². The van der Waals surface area contributed by atoms with E-state index in [1.165, 1.54) is 0 Å². The molecule has 0 unspecified atom stereocenters. The highest BCUT2D eigenvalue weighted by molar-refractivity contribution is 7.19. The second-order valence-corrected chi connectivity index (χ2v) is 7.31. The fourth-order valence-electron chi connectivity index (χ4n) is 3.63. The first-order valence-electron chi connectivity index (χ1n) is 7.39. The van der Waals surface area contributed by atoms with Crippen molar-refractivity contribution in [2.24, 2.45) is 11.3 Å². The van der Waals surface area contributed by atoms with Crippen LogP contribution in [0.4, 0.5) is 13.2 Å². The first-order chi connectivity index (χ1) is 10.8. The minimum Gasteiger partial charge on any atom is -0.476 e. The zero-order valence-electron chi connectivity index (χ0n) is 12.0. The Bertz CT molecular complexity index is 811. The number of fused-ring (bicyclic) bond motifs is 2. The van der Waals surface area contributed by atoms with E-state index >= 15 is 0 Å². The van der Waals surface area contributed by atoms with Crippen LogP contribution < -0.4 is 0 Å². The number of thiazole rings is 1. The summed E-state index contributed by atoms with van der Waals surface area (Å²) in [5, 5.41) is 8.95. The molecule has 1 N–H and O–H groups in total. The minimum atomic E-state index is -4.15. The van der Waals surface area contributed by atoms with Gasteiger partial charge in [-0.1, -0.05) is 11.3 Å². The van der Waals surface area contributed by atoms with Crippen LogP contribution in [0.2, 0.25) is 0 Å². The van der Waals surface area contributed by atoms with E-state index in [-0.39, 0.29) is 17.8 Å². The number of aromatic nitrogens is 2. The number of aryl methyl sites for hydroxylation is 1. The molecule has 0 aromatic carbocycles. The Labute approximate surface area is 133 Å². The lowest BCUT2D eigenvalue weighted by Gasteiger charge is -2.32. The third kappa shape index (κ3) is 2.22. The van der Waals surface area contributed by atoms with Gasteiger partial charge < -0.3 is 5.11 Å². The number of aromatic carboxylic acids is 1. The van der Waals surface area contributed by atoms with Gasteiger partial charge in [-0.2, -0.15) is 13.2 Å². The van der Waals surface area contributed by atoms with Crippen molar-refractivity contribution in [2.75, 3.05) is 0 Å². The Hall–Kier alpha value is -1.70. The highest BCUT2D eigenvalue weighted by atomic mass is 32.1. The van der Waals surface area contributed by atoms with Gasteiger partial charge in [0.1, 0.15) is 10.3 Å². The van der Waals surface area contributed by atoms with Crippen molar-refractivity contribution in [1.29, 1.82) is 0 Å². The molecule has 1 atom stereocenters. The van der Waals surface area contributed by atoms with E-state index in [0.717, 1.165) is 22.6 Å². The number of hydrogen-bond acceptors (Lipinski definition) is 4. The van der Waals surface area contributed by atoms with Gasteiger partial charge in [-0.3, -0.25) is 0 Å². The van der Waals surface area contributed by atoms with Gasteiger partial charge in [-0.25, -0.2) is 14.8 Å². The van der Waals surface area contributed by atoms with Gasteiger partial charge in [0.2, 0.25) is 5.01 Å². The van der Waals surface area contributed by atoms with Crippen LogP contribution in [0.25, 0.3) is 10.3 Å². The Kier molecular flexibility index (Phi) is 3.01. The second kappa shape index (κ2) is 4.66. The summed E-state index contributed by atoms with van der Waals surface area (Å²) in [6, 6.07) is 1.72. The average molecular weight is 342 g/mol. The monoisotopic (exact) mass is 342 g/mol. The number of halogens is 3. The lowest BCUT2D eigenvalue weighted by atomic mass is 9.76. The number of rotatable bonds is 2. The molecule has 23 heavy (non-hydrogen) atoms. The fraction of sp³-hybridized carbons (Fsp3) is 0.533. The van der Waals surface area contributed by atoms with Crippen LogP contribution >= 0.6 is 11.3 Å². The Balaban J connectivity index is 1.69. The number of pyridine rings is 1. The van der Waals surface area contributed by atoms with Gasteiger partial charge in [-0.05, 0) is 49.7 Å². The lowest BCUT2D eigenvalue weighted by Crippen LogP contribution is -2.35. The van der Waals surface area contributed by atoms with Gasteiger partial charge in [0.25, 0.3) is 0 Å². The molecule has 4 nitrogen and oxygen atoms in total. The van der Waals surface area contributed by atoms with Gasteiger partial charge in [0.15, 0.2) is 0 Å². The zero-order chi connectivity index (χ0) is 16.4. The average Bonchev–Trinajstić information content (AvgIpc) is 3.19. The summed E-state index contributed by atoms with van der Waals surface area (Å²) < 4.78 is 39.9. The van der Waals surface area contributed by atoms with Crippen molar-refractivity contribution in [3.63, 3.8) is 0 Å². The molecule has 2 aliphatic carbocycles. The number of carboxylic acids is 1. The highest BCUT2D eigenvalue weighted by Gasteiger charge is 2.66. The molecule has 8 heteroatoms. The van der Waals surface area contributed by atoms with E-state index in [4.69, 9.17) is 5.11 Å². The first-order valence-corrected chi connectivity index (χ1v) is 8.21. The fourth-order valence-corrected chi connectivity index (χ4v) is 4.41. The van der Waals surface area contributed by atoms with Crippen molar-refractivity contribution in [2.45, 2.75) is 38.3 Å². The lowest BCUT2D eigenvalue weighted by molar-refractivity contribution is -0.204. The smallest absolute Gasteiger partial charge is 0.394 e. The predicted octanol–water partition coefficient (Wildman–Crippen LogP) is 3.84. The molecule has 2 heterocycles. The van der Waals surface area contributed by atoms with Crippen LogP contribution in [0.15, 0.2) is 6.07 Å². The number of carboxylic acid groups (broad SMARTS) is 1. The predicted molar refractivity (Wildman–Crippen MR) is 77.6 cm³/mol. The Morgan fingerprint density at radius 3 is 2.70 bits per heavy atom. The maximum absolute atomic E-state index is 13.3. The molecule has 0 spiro atoms. The van der Waals surface area contributed by atoms with Gasteiger partial charge >= 0.3 is 12.1 Å². The van der Waals surface area contributed by atoms with Crippen molar-refractivity contribution < 1.29 is 23.1 Å². The van der Waals surface area contributed by atoms with Crippen molar-refractivity contribution in [3.05, 3.63) is 22.3 Å². The van der Waals surface area contributed by atoms with E-state index in [9.17, 15) is 18.0 Å². The number of hydrogen-bond donors (Lipinski definition) is 1. The minimum absolute atomic E-state index is 0.0413. The number of carbonyl (C=O) groups is 1. The number of nitrogens with zero attached hydrogens (tertiary/aromatic N) is 2. The molecular weight excluding hydrogens is 329 g/mol. The molecule has 1 fully saturated rings. The summed E-state index contributed by atoms with van der Waals surface area (Å²) in [5.41, 5.74) is 0.510. The summed E-state index contributed by atoms with van der Waals surface area (Å²) >= 11 is 0.999. The molecule has 0 radical (unpaired) electrons. The molecule has 1 saturated carbocycles. The van der Waals surface area contributed by atoms with Crippen molar-refractivity contribution >= 4 is 27.7 Å². The normalized spacial score (nSPS) is 22.8. The van der Waals surface area contributed by atoms with E-state index in [2.05, 4.69) is 9.97 Å². The number of alkyl halides is 3. The van der Waals surface area contributed by atoms with Crippen molar-refractivity contribution in [1.82, 2.24) is 9.97 Å². The van der Waals surface area contributed by atoms with Crippen LogP contribution in [0.5, 0.6) is 0 Å². The molecule has 0 aliphatic heterocycles. The van der Waals surface area contributed by atoms with Crippen LogP contribution in [-0.4, -0.2) is 27.2 Å². The molecule has 0 amide bonds. The SMILES string of the molecule is O=C(O)c1nc2cc3c(nc2s1)CC[C@H](C1(C(F)(F)F)CC1)C3. The molecule has 4 rings (SSSR count). The zero-order valence-corrected chi connectivity index (χ0v) is 12.8. The molecule has 122 valence electrons. The highest BCUT2D eigenvalue weighted by Crippen LogP contribution is 2.64. The molecule has 2 aromatic heterocycles. The summed E-state index contributed by atoms with van der Waals surface area (Å²) in [6.07, 6.45) is -2.39. The third-order valence-electron chi connectivity index (χ3n) is 5.07. The quantitative estimate of drug-likeness (QED) is 0.901. The van der Waals surface area contributed by atoms with E-state index in [1.54, 1.807) is 6.07 Å².